The molecular formula is C52H88N2O39. The number of ether oxygens (including phenoxy) is 14. The molecular weight excluding hydrogens is 1280 g/mol. The van der Waals surface area contributed by atoms with Gasteiger partial charge in [-0.2, -0.15) is 0 Å². The standard InChI is InChI=1S/C52H88N2O39/c1-12-25(65)33(73)35(75)48(81-12)92-43-28(68)18(7-57)83-50(37(43)77)89-41-20(9-59)85-46(23(31(41)71)53-14(3)61)80-11-22-30(70)45(39(79)52(87-22)88-40(17(64)6-56)27(67)16(63)5-55)91-47-24(54-15(4)62)32(72)42(21(10-60)86-47)90-51-38(78)44(29(69)19(8-58)84-51)93-49-36(76)34(74)26(66)13(2)82-49/h5,12-13,16-52,56-60,63-79H,6-11H2,1-4H3,(H,53,61)(H,54,62)/t12-,13-,16-,17+,18+,19+,20+,21+,22+,23+,24+,25+,26+,27+,28-,29-,30-,31+,32+,33+,34+,35-,36-,37+,38+,39+,40+,41+,42+,43-,44-,45-,46+,47+,48-,49-,50-,51-,52-/m0/s1. The molecule has 93 heavy (non-hydrogen) atoms. The molecule has 7 heterocycles. The number of amides is 2. The van der Waals surface area contributed by atoms with Crippen LogP contribution in [0.2, 0.25) is 0 Å². The van der Waals surface area contributed by atoms with Crippen LogP contribution in [0.4, 0.5) is 0 Å². The second-order valence-electron chi connectivity index (χ2n) is 23.5. The molecule has 0 saturated carbocycles. The first-order valence-corrected chi connectivity index (χ1v) is 29.6. The third kappa shape index (κ3) is 17.3. The van der Waals surface area contributed by atoms with Crippen LogP contribution in [0.1, 0.15) is 27.7 Å². The lowest BCUT2D eigenvalue weighted by Gasteiger charge is -2.50. The van der Waals surface area contributed by atoms with E-state index in [4.69, 9.17) is 66.3 Å². The van der Waals surface area contributed by atoms with E-state index >= 15 is 0 Å². The number of aliphatic hydroxyl groups is 22. The van der Waals surface area contributed by atoms with Gasteiger partial charge in [0.2, 0.25) is 11.8 Å². The van der Waals surface area contributed by atoms with Gasteiger partial charge in [0, 0.05) is 13.8 Å². The number of aldehydes is 1. The van der Waals surface area contributed by atoms with Crippen LogP contribution < -0.4 is 10.6 Å². The summed E-state index contributed by atoms with van der Waals surface area (Å²) in [5.41, 5.74) is 0. The maximum Gasteiger partial charge on any atom is 0.217 e. The van der Waals surface area contributed by atoms with Gasteiger partial charge >= 0.3 is 0 Å². The van der Waals surface area contributed by atoms with E-state index in [1.807, 2.05) is 0 Å². The van der Waals surface area contributed by atoms with E-state index < -0.39 is 291 Å². The molecule has 41 heteroatoms. The zero-order valence-electron chi connectivity index (χ0n) is 50.1. The minimum atomic E-state index is -2.44. The molecule has 0 radical (unpaired) electrons. The van der Waals surface area contributed by atoms with Gasteiger partial charge in [0.05, 0.1) is 51.8 Å². The molecule has 0 bridgehead atoms. The van der Waals surface area contributed by atoms with Gasteiger partial charge in [-0.15, -0.1) is 0 Å². The van der Waals surface area contributed by atoms with Crippen molar-refractivity contribution in [1.82, 2.24) is 10.6 Å². The predicted molar refractivity (Wildman–Crippen MR) is 286 cm³/mol. The zero-order chi connectivity index (χ0) is 68.9. The third-order valence-corrected chi connectivity index (χ3v) is 16.9. The summed E-state index contributed by atoms with van der Waals surface area (Å²) >= 11 is 0. The largest absolute Gasteiger partial charge is 0.394 e. The Labute approximate surface area is 527 Å². The van der Waals surface area contributed by atoms with Crippen molar-refractivity contribution in [3.05, 3.63) is 0 Å². The number of aliphatic hydroxyl groups excluding tert-OH is 22. The molecule has 2 amide bonds. The van der Waals surface area contributed by atoms with Crippen molar-refractivity contribution in [2.24, 2.45) is 0 Å². The predicted octanol–water partition coefficient (Wildman–Crippen LogP) is -16.3. The molecule has 41 nitrogen and oxygen atoms in total. The van der Waals surface area contributed by atoms with Crippen LogP contribution in [-0.4, -0.2) is 409 Å². The molecule has 0 spiro atoms. The summed E-state index contributed by atoms with van der Waals surface area (Å²) in [5, 5.41) is 244. The fraction of sp³-hybridized carbons (Fsp3) is 0.942. The minimum absolute atomic E-state index is 0.193. The van der Waals surface area contributed by atoms with Crippen LogP contribution in [-0.2, 0) is 80.7 Å². The third-order valence-electron chi connectivity index (χ3n) is 16.9. The summed E-state index contributed by atoms with van der Waals surface area (Å²) in [4.78, 5) is 37.3. The van der Waals surface area contributed by atoms with E-state index in [9.17, 15) is 127 Å². The van der Waals surface area contributed by atoms with Gasteiger partial charge < -0.3 is 194 Å². The van der Waals surface area contributed by atoms with Crippen LogP contribution in [0, 0.1) is 0 Å². The first-order valence-electron chi connectivity index (χ1n) is 29.6. The molecule has 7 aliphatic rings. The van der Waals surface area contributed by atoms with Crippen molar-refractivity contribution in [1.29, 1.82) is 0 Å². The zero-order valence-corrected chi connectivity index (χ0v) is 50.1. The summed E-state index contributed by atoms with van der Waals surface area (Å²) in [7, 11) is 0. The van der Waals surface area contributed by atoms with Crippen LogP contribution in [0.15, 0.2) is 0 Å². The quantitative estimate of drug-likeness (QED) is 0.0358. The van der Waals surface area contributed by atoms with E-state index in [2.05, 4.69) is 10.6 Å². The molecule has 7 rings (SSSR count). The van der Waals surface area contributed by atoms with E-state index in [1.54, 1.807) is 0 Å². The maximum atomic E-state index is 12.9. The van der Waals surface area contributed by atoms with Crippen LogP contribution >= 0.6 is 0 Å². The van der Waals surface area contributed by atoms with E-state index in [-0.39, 0.29) is 6.29 Å². The first kappa shape index (κ1) is 77.5. The summed E-state index contributed by atoms with van der Waals surface area (Å²) in [6.07, 6.45) is -73.1. The second-order valence-corrected chi connectivity index (χ2v) is 23.5. The molecule has 7 saturated heterocycles. The average Bonchev–Trinajstić information content (AvgIpc) is 0.785. The van der Waals surface area contributed by atoms with Crippen molar-refractivity contribution in [2.75, 3.05) is 39.6 Å². The van der Waals surface area contributed by atoms with Crippen LogP contribution in [0.3, 0.4) is 0 Å². The number of rotatable bonds is 26. The van der Waals surface area contributed by atoms with Gasteiger partial charge in [0.25, 0.3) is 0 Å². The monoisotopic (exact) mass is 1360 g/mol. The summed E-state index contributed by atoms with van der Waals surface area (Å²) in [5.74, 6) is -1.84. The molecule has 24 N–H and O–H groups in total. The van der Waals surface area contributed by atoms with Gasteiger partial charge in [-0.3, -0.25) is 9.59 Å². The Hall–Kier alpha value is -2.83. The highest BCUT2D eigenvalue weighted by Gasteiger charge is 2.59. The van der Waals surface area contributed by atoms with Gasteiger partial charge in [-0.05, 0) is 13.8 Å². The van der Waals surface area contributed by atoms with E-state index in [0.29, 0.717) is 0 Å². The van der Waals surface area contributed by atoms with Crippen molar-refractivity contribution in [3.8, 4) is 0 Å². The van der Waals surface area contributed by atoms with Crippen molar-refractivity contribution in [2.45, 2.75) is 267 Å². The Morgan fingerprint density at radius 2 is 0.753 bits per heavy atom. The summed E-state index contributed by atoms with van der Waals surface area (Å²) in [6.45, 7) is -2.04. The summed E-state index contributed by atoms with van der Waals surface area (Å²) in [6, 6.07) is -3.76. The van der Waals surface area contributed by atoms with Crippen molar-refractivity contribution in [3.63, 3.8) is 0 Å². The molecule has 0 aromatic rings. The Morgan fingerprint density at radius 3 is 1.15 bits per heavy atom. The smallest absolute Gasteiger partial charge is 0.217 e. The van der Waals surface area contributed by atoms with Crippen molar-refractivity contribution >= 4 is 18.1 Å². The molecule has 0 aromatic carbocycles. The normalized spacial score (nSPS) is 48.0. The lowest BCUT2D eigenvalue weighted by Crippen LogP contribution is -2.70. The fourth-order valence-electron chi connectivity index (χ4n) is 11.6. The molecule has 7 fully saturated rings. The van der Waals surface area contributed by atoms with Gasteiger partial charge in [-0.1, -0.05) is 0 Å². The molecule has 39 atom stereocenters. The highest BCUT2D eigenvalue weighted by molar-refractivity contribution is 5.73. The van der Waals surface area contributed by atoms with E-state index in [1.165, 1.54) is 13.8 Å². The van der Waals surface area contributed by atoms with Gasteiger partial charge in [0.15, 0.2) is 50.3 Å². The number of nitrogens with one attached hydrogen (secondary N) is 2. The van der Waals surface area contributed by atoms with Gasteiger partial charge in [-0.25, -0.2) is 0 Å². The topological polar surface area (TPSA) is 650 Å². The number of carbonyl (C=O) groups is 3. The summed E-state index contributed by atoms with van der Waals surface area (Å²) < 4.78 is 80.7. The van der Waals surface area contributed by atoms with Crippen LogP contribution in [0.25, 0.3) is 0 Å². The number of carbonyl (C=O) groups excluding carboxylic acids is 3. The van der Waals surface area contributed by atoms with Crippen LogP contribution in [0.5, 0.6) is 0 Å². The first-order chi connectivity index (χ1) is 43.9. The average molecular weight is 1370 g/mol. The lowest BCUT2D eigenvalue weighted by molar-refractivity contribution is -0.385. The fourth-order valence-corrected chi connectivity index (χ4v) is 11.6. The Bertz CT molecular complexity index is 2330. The minimum Gasteiger partial charge on any atom is -0.394 e. The maximum absolute atomic E-state index is 12.9. The second kappa shape index (κ2) is 33.8. The highest BCUT2D eigenvalue weighted by atomic mass is 16.8. The highest BCUT2D eigenvalue weighted by Crippen LogP contribution is 2.38. The van der Waals surface area contributed by atoms with Gasteiger partial charge in [0.1, 0.15) is 183 Å². The molecule has 0 aliphatic carbocycles. The number of hydrogen-bond acceptors (Lipinski definition) is 39. The molecule has 0 unspecified atom stereocenters. The SMILES string of the molecule is CC(=O)N[C@H]1[C@H](OC[C@H]2O[C@@H](O[C@@H]([C@H](O)[C@@H](O)C=O)[C@H](O)CO)[C@H](O)[C@@H](O[C@H]3O[C@H](CO)[C@@H](O[C@@H]4O[C@H](CO)[C@H](O)[C@H](O[C@@H]5O[C@@H](C)[C@@H](O)[C@@H](O)[C@@H]5O)[C@H]4O)[C@H](O)[C@H]3NC(C)=O)[C@H]2O)O[C@H](CO)[C@@H](O[C@@H]2O[C@H](CO)[C@H](O)[C@H](O[C@@H]3O[C@@H](C)[C@@H](O)[C@@H](O)[C@@H]3O)[C@H]2O)[C@@H]1O. The van der Waals surface area contributed by atoms with Crippen molar-refractivity contribution < 1.29 is 193 Å². The molecule has 540 valence electrons. The molecule has 7 aliphatic heterocycles. The Balaban J connectivity index is 1.14. The lowest BCUT2D eigenvalue weighted by atomic mass is 9.94. The molecule has 0 aromatic heterocycles. The van der Waals surface area contributed by atoms with E-state index in [0.717, 1.165) is 13.8 Å². The Morgan fingerprint density at radius 1 is 0.409 bits per heavy atom. The Kier molecular flexibility index (Phi) is 28.2. The number of hydrogen-bond donors (Lipinski definition) is 24.